The van der Waals surface area contributed by atoms with E-state index in [1.165, 1.54) is 38.5 Å². The van der Waals surface area contributed by atoms with E-state index in [1.54, 1.807) is 0 Å². The van der Waals surface area contributed by atoms with Crippen LogP contribution in [0.15, 0.2) is 24.3 Å². The zero-order valence-corrected chi connectivity index (χ0v) is 11.7. The van der Waals surface area contributed by atoms with Crippen molar-refractivity contribution in [3.63, 3.8) is 0 Å². The van der Waals surface area contributed by atoms with Gasteiger partial charge in [-0.3, -0.25) is 0 Å². The first kappa shape index (κ1) is 18.1. The SMILES string of the molecule is COC(=O)c1ccc(C(=O)OC)cc1.OCCCCO. The fourth-order valence-corrected chi connectivity index (χ4v) is 1.20. The molecule has 0 aliphatic rings. The minimum absolute atomic E-state index is 0.195. The van der Waals surface area contributed by atoms with E-state index in [1.807, 2.05) is 0 Å². The standard InChI is InChI=1S/C10H10O4.C4H10O2/c1-13-9(11)7-3-5-8(6-4-7)10(12)14-2;5-3-1-2-4-6/h3-6H,1-2H3;5-6H,1-4H2. The Kier molecular flexibility index (Phi) is 9.90. The summed E-state index contributed by atoms with van der Waals surface area (Å²) in [4.78, 5) is 22.1. The van der Waals surface area contributed by atoms with Crippen LogP contribution in [-0.2, 0) is 9.47 Å². The van der Waals surface area contributed by atoms with E-state index in [2.05, 4.69) is 9.47 Å². The highest BCUT2D eigenvalue weighted by molar-refractivity contribution is 5.93. The summed E-state index contributed by atoms with van der Waals surface area (Å²) < 4.78 is 9.02. The van der Waals surface area contributed by atoms with E-state index in [-0.39, 0.29) is 13.2 Å². The van der Waals surface area contributed by atoms with Crippen LogP contribution in [0.2, 0.25) is 0 Å². The molecule has 0 radical (unpaired) electrons. The summed E-state index contributed by atoms with van der Waals surface area (Å²) in [6.07, 6.45) is 1.44. The molecule has 0 atom stereocenters. The normalized spacial score (nSPS) is 9.20. The molecule has 20 heavy (non-hydrogen) atoms. The van der Waals surface area contributed by atoms with E-state index >= 15 is 0 Å². The van der Waals surface area contributed by atoms with E-state index in [0.29, 0.717) is 11.1 Å². The zero-order valence-electron chi connectivity index (χ0n) is 11.7. The van der Waals surface area contributed by atoms with Crippen LogP contribution in [0, 0.1) is 0 Å². The van der Waals surface area contributed by atoms with Gasteiger partial charge in [0.25, 0.3) is 0 Å². The van der Waals surface area contributed by atoms with E-state index in [0.717, 1.165) is 12.8 Å². The molecule has 2 N–H and O–H groups in total. The number of benzene rings is 1. The van der Waals surface area contributed by atoms with Crippen LogP contribution < -0.4 is 0 Å². The summed E-state index contributed by atoms with van der Waals surface area (Å²) >= 11 is 0. The highest BCUT2D eigenvalue weighted by Gasteiger charge is 2.08. The highest BCUT2D eigenvalue weighted by Crippen LogP contribution is 2.06. The van der Waals surface area contributed by atoms with Crippen molar-refractivity contribution < 1.29 is 29.3 Å². The van der Waals surface area contributed by atoms with Crippen molar-refractivity contribution in [1.29, 1.82) is 0 Å². The predicted molar refractivity (Wildman–Crippen MR) is 72.5 cm³/mol. The molecule has 0 unspecified atom stereocenters. The summed E-state index contributed by atoms with van der Waals surface area (Å²) in [7, 11) is 2.60. The molecular formula is C14H20O6. The molecule has 1 aromatic carbocycles. The maximum atomic E-state index is 11.0. The summed E-state index contributed by atoms with van der Waals surface area (Å²) in [5, 5.41) is 16.2. The molecule has 6 nitrogen and oxygen atoms in total. The predicted octanol–water partition coefficient (Wildman–Crippen LogP) is 1.01. The summed E-state index contributed by atoms with van der Waals surface area (Å²) in [6, 6.07) is 6.05. The van der Waals surface area contributed by atoms with Gasteiger partial charge in [0, 0.05) is 13.2 Å². The summed E-state index contributed by atoms with van der Waals surface area (Å²) in [5.41, 5.74) is 0.806. The molecule has 0 aromatic heterocycles. The van der Waals surface area contributed by atoms with Crippen molar-refractivity contribution in [2.45, 2.75) is 12.8 Å². The van der Waals surface area contributed by atoms with Crippen LogP contribution in [0.1, 0.15) is 33.6 Å². The van der Waals surface area contributed by atoms with Crippen LogP contribution in [0.5, 0.6) is 0 Å². The number of esters is 2. The van der Waals surface area contributed by atoms with Crippen LogP contribution in [0.3, 0.4) is 0 Å². The van der Waals surface area contributed by atoms with Crippen molar-refractivity contribution in [3.05, 3.63) is 35.4 Å². The fraction of sp³-hybridized carbons (Fsp3) is 0.429. The van der Waals surface area contributed by atoms with Gasteiger partial charge in [0.2, 0.25) is 0 Å². The van der Waals surface area contributed by atoms with Crippen molar-refractivity contribution >= 4 is 11.9 Å². The molecule has 0 aliphatic carbocycles. The van der Waals surface area contributed by atoms with Crippen molar-refractivity contribution in [3.8, 4) is 0 Å². The largest absolute Gasteiger partial charge is 0.465 e. The second-order valence-corrected chi connectivity index (χ2v) is 3.71. The Morgan fingerprint density at radius 2 is 1.15 bits per heavy atom. The second kappa shape index (κ2) is 11.0. The summed E-state index contributed by atoms with van der Waals surface area (Å²) in [6.45, 7) is 0.390. The van der Waals surface area contributed by atoms with Gasteiger partial charge in [0.05, 0.1) is 25.3 Å². The number of hydrogen-bond donors (Lipinski definition) is 2. The van der Waals surface area contributed by atoms with Crippen LogP contribution in [0.4, 0.5) is 0 Å². The molecule has 0 spiro atoms. The molecule has 0 bridgehead atoms. The molecule has 0 saturated carbocycles. The van der Waals surface area contributed by atoms with Crippen molar-refractivity contribution in [2.24, 2.45) is 0 Å². The fourth-order valence-electron chi connectivity index (χ4n) is 1.20. The molecule has 1 rings (SSSR count). The quantitative estimate of drug-likeness (QED) is 0.619. The Bertz CT molecular complexity index is 360. The average molecular weight is 284 g/mol. The van der Waals surface area contributed by atoms with Gasteiger partial charge in [-0.25, -0.2) is 9.59 Å². The van der Waals surface area contributed by atoms with Gasteiger partial charge in [-0.05, 0) is 37.1 Å². The van der Waals surface area contributed by atoms with Gasteiger partial charge >= 0.3 is 11.9 Å². The number of unbranched alkanes of at least 4 members (excludes halogenated alkanes) is 1. The number of rotatable bonds is 5. The molecule has 1 aromatic rings. The van der Waals surface area contributed by atoms with Crippen molar-refractivity contribution in [1.82, 2.24) is 0 Å². The van der Waals surface area contributed by atoms with Crippen LogP contribution in [0.25, 0.3) is 0 Å². The van der Waals surface area contributed by atoms with Gasteiger partial charge in [-0.1, -0.05) is 0 Å². The van der Waals surface area contributed by atoms with Crippen LogP contribution >= 0.6 is 0 Å². The third kappa shape index (κ3) is 6.86. The third-order valence-corrected chi connectivity index (χ3v) is 2.29. The first-order valence-electron chi connectivity index (χ1n) is 6.09. The Morgan fingerprint density at radius 3 is 1.35 bits per heavy atom. The molecule has 6 heteroatoms. The molecule has 0 heterocycles. The maximum absolute atomic E-state index is 11.0. The number of methoxy groups -OCH3 is 2. The number of hydrogen-bond acceptors (Lipinski definition) is 6. The van der Waals surface area contributed by atoms with Gasteiger partial charge in [-0.15, -0.1) is 0 Å². The second-order valence-electron chi connectivity index (χ2n) is 3.71. The number of carbonyl (C=O) groups is 2. The first-order chi connectivity index (χ1) is 9.60. The Hall–Kier alpha value is -1.92. The highest BCUT2D eigenvalue weighted by atomic mass is 16.5. The number of aliphatic hydroxyl groups excluding tert-OH is 2. The van der Waals surface area contributed by atoms with Crippen molar-refractivity contribution in [2.75, 3.05) is 27.4 Å². The Labute approximate surface area is 117 Å². The molecule has 0 amide bonds. The topological polar surface area (TPSA) is 93.1 Å². The minimum Gasteiger partial charge on any atom is -0.465 e. The lowest BCUT2D eigenvalue weighted by Gasteiger charge is -2.00. The third-order valence-electron chi connectivity index (χ3n) is 2.29. The molecule has 0 saturated heterocycles. The lowest BCUT2D eigenvalue weighted by Crippen LogP contribution is -2.04. The number of carbonyl (C=O) groups excluding carboxylic acids is 2. The smallest absolute Gasteiger partial charge is 0.337 e. The first-order valence-corrected chi connectivity index (χ1v) is 6.09. The van der Waals surface area contributed by atoms with Gasteiger partial charge in [0.15, 0.2) is 0 Å². The Balaban J connectivity index is 0.000000511. The lowest BCUT2D eigenvalue weighted by molar-refractivity contribution is 0.0586. The lowest BCUT2D eigenvalue weighted by atomic mass is 10.1. The van der Waals surface area contributed by atoms with E-state index in [4.69, 9.17) is 10.2 Å². The molecular weight excluding hydrogens is 264 g/mol. The molecule has 0 fully saturated rings. The molecule has 112 valence electrons. The van der Waals surface area contributed by atoms with Gasteiger partial charge < -0.3 is 19.7 Å². The molecule has 0 aliphatic heterocycles. The summed E-state index contributed by atoms with van der Waals surface area (Å²) in [5.74, 6) is -0.858. The van der Waals surface area contributed by atoms with E-state index < -0.39 is 11.9 Å². The minimum atomic E-state index is -0.429. The van der Waals surface area contributed by atoms with Crippen LogP contribution in [-0.4, -0.2) is 49.6 Å². The Morgan fingerprint density at radius 1 is 0.850 bits per heavy atom. The zero-order chi connectivity index (χ0) is 15.4. The number of aliphatic hydroxyl groups is 2. The average Bonchev–Trinajstić information content (AvgIpc) is 2.52. The number of ether oxygens (including phenoxy) is 2. The van der Waals surface area contributed by atoms with Gasteiger partial charge in [-0.2, -0.15) is 0 Å². The van der Waals surface area contributed by atoms with E-state index in [9.17, 15) is 9.59 Å². The monoisotopic (exact) mass is 284 g/mol. The maximum Gasteiger partial charge on any atom is 0.337 e. The van der Waals surface area contributed by atoms with Gasteiger partial charge in [0.1, 0.15) is 0 Å².